The molecule has 0 bridgehead atoms. The Balaban J connectivity index is 2.10. The largest absolute Gasteiger partial charge is 0.350 e. The number of amides is 2. The van der Waals surface area contributed by atoms with Crippen LogP contribution in [0.5, 0.6) is 0 Å². The van der Waals surface area contributed by atoms with Gasteiger partial charge in [-0.25, -0.2) is 0 Å². The van der Waals surface area contributed by atoms with E-state index >= 15 is 0 Å². The van der Waals surface area contributed by atoms with Crippen molar-refractivity contribution in [3.63, 3.8) is 0 Å². The zero-order valence-corrected chi connectivity index (χ0v) is 12.4. The summed E-state index contributed by atoms with van der Waals surface area (Å²) in [5.41, 5.74) is -0.163. The van der Waals surface area contributed by atoms with E-state index in [-0.39, 0.29) is 23.9 Å². The van der Waals surface area contributed by atoms with Gasteiger partial charge in [0.15, 0.2) is 0 Å². The highest BCUT2D eigenvalue weighted by atomic mass is 16.2. The SMILES string of the molecule is CCC(C)(C)NC(=O)CNCCC(=O)N1CCCC1. The maximum atomic E-state index is 11.8. The Morgan fingerprint density at radius 2 is 1.84 bits per heavy atom. The van der Waals surface area contributed by atoms with Gasteiger partial charge in [-0.05, 0) is 33.1 Å². The molecule has 0 unspecified atom stereocenters. The van der Waals surface area contributed by atoms with Crippen LogP contribution < -0.4 is 10.6 Å². The molecular formula is C14H27N3O2. The van der Waals surface area contributed by atoms with Crippen LogP contribution in [0.2, 0.25) is 0 Å². The minimum Gasteiger partial charge on any atom is -0.350 e. The molecule has 0 aromatic rings. The van der Waals surface area contributed by atoms with Gasteiger partial charge in [0.2, 0.25) is 11.8 Å². The molecule has 1 aliphatic rings. The fourth-order valence-corrected chi connectivity index (χ4v) is 2.03. The van der Waals surface area contributed by atoms with Crippen molar-refractivity contribution < 1.29 is 9.59 Å². The minimum atomic E-state index is -0.163. The number of nitrogens with one attached hydrogen (secondary N) is 2. The van der Waals surface area contributed by atoms with E-state index in [0.717, 1.165) is 32.4 Å². The van der Waals surface area contributed by atoms with Crippen LogP contribution in [-0.4, -0.2) is 48.4 Å². The summed E-state index contributed by atoms with van der Waals surface area (Å²) in [6.45, 7) is 8.67. The van der Waals surface area contributed by atoms with E-state index in [1.807, 2.05) is 25.7 Å². The third-order valence-electron chi connectivity index (χ3n) is 3.62. The Bertz CT molecular complexity index is 310. The summed E-state index contributed by atoms with van der Waals surface area (Å²) in [6.07, 6.45) is 3.61. The smallest absolute Gasteiger partial charge is 0.234 e. The van der Waals surface area contributed by atoms with Crippen LogP contribution in [0, 0.1) is 0 Å². The van der Waals surface area contributed by atoms with E-state index in [1.165, 1.54) is 0 Å². The number of rotatable bonds is 7. The predicted octanol–water partition coefficient (Wildman–Crippen LogP) is 0.893. The summed E-state index contributed by atoms with van der Waals surface area (Å²) < 4.78 is 0. The van der Waals surface area contributed by atoms with E-state index in [1.54, 1.807) is 0 Å². The number of likely N-dealkylation sites (tertiary alicyclic amines) is 1. The van der Waals surface area contributed by atoms with Crippen molar-refractivity contribution in [3.8, 4) is 0 Å². The molecular weight excluding hydrogens is 242 g/mol. The van der Waals surface area contributed by atoms with Crippen LogP contribution >= 0.6 is 0 Å². The molecule has 0 spiro atoms. The molecule has 0 aliphatic carbocycles. The van der Waals surface area contributed by atoms with Crippen molar-refractivity contribution in [2.75, 3.05) is 26.2 Å². The zero-order chi connectivity index (χ0) is 14.3. The quantitative estimate of drug-likeness (QED) is 0.675. The van der Waals surface area contributed by atoms with E-state index in [0.29, 0.717) is 13.0 Å². The molecule has 0 radical (unpaired) electrons. The molecule has 1 aliphatic heterocycles. The molecule has 0 saturated carbocycles. The number of hydrogen-bond acceptors (Lipinski definition) is 3. The number of carbonyl (C=O) groups excluding carboxylic acids is 2. The first kappa shape index (κ1) is 16.0. The van der Waals surface area contributed by atoms with Gasteiger partial charge in [0.25, 0.3) is 0 Å². The molecule has 19 heavy (non-hydrogen) atoms. The average molecular weight is 269 g/mol. The standard InChI is InChI=1S/C14H27N3O2/c1-4-14(2,3)16-12(18)11-15-8-7-13(19)17-9-5-6-10-17/h15H,4-11H2,1-3H3,(H,16,18). The third kappa shape index (κ3) is 6.05. The lowest BCUT2D eigenvalue weighted by Crippen LogP contribution is -2.46. The van der Waals surface area contributed by atoms with Gasteiger partial charge in [0.1, 0.15) is 0 Å². The second kappa shape index (κ2) is 7.48. The molecule has 5 heteroatoms. The summed E-state index contributed by atoms with van der Waals surface area (Å²) in [5, 5.41) is 5.98. The fourth-order valence-electron chi connectivity index (χ4n) is 2.03. The Labute approximate surface area is 116 Å². The first-order valence-electron chi connectivity index (χ1n) is 7.24. The lowest BCUT2D eigenvalue weighted by molar-refractivity contribution is -0.130. The van der Waals surface area contributed by atoms with Crippen molar-refractivity contribution in [3.05, 3.63) is 0 Å². The second-order valence-corrected chi connectivity index (χ2v) is 5.80. The fraction of sp³-hybridized carbons (Fsp3) is 0.857. The molecule has 5 nitrogen and oxygen atoms in total. The highest BCUT2D eigenvalue weighted by molar-refractivity contribution is 5.79. The van der Waals surface area contributed by atoms with Crippen molar-refractivity contribution in [2.24, 2.45) is 0 Å². The monoisotopic (exact) mass is 269 g/mol. The highest BCUT2D eigenvalue weighted by Gasteiger charge is 2.18. The van der Waals surface area contributed by atoms with E-state index in [2.05, 4.69) is 10.6 Å². The molecule has 0 atom stereocenters. The number of carbonyl (C=O) groups is 2. The molecule has 1 heterocycles. The zero-order valence-electron chi connectivity index (χ0n) is 12.4. The van der Waals surface area contributed by atoms with E-state index < -0.39 is 0 Å². The summed E-state index contributed by atoms with van der Waals surface area (Å²) in [7, 11) is 0. The van der Waals surface area contributed by atoms with Gasteiger partial charge in [-0.15, -0.1) is 0 Å². The molecule has 110 valence electrons. The second-order valence-electron chi connectivity index (χ2n) is 5.80. The minimum absolute atomic E-state index is 0.0135. The lowest BCUT2D eigenvalue weighted by Gasteiger charge is -2.24. The lowest BCUT2D eigenvalue weighted by atomic mass is 10.0. The number of hydrogen-bond donors (Lipinski definition) is 2. The molecule has 2 amide bonds. The molecule has 1 saturated heterocycles. The van der Waals surface area contributed by atoms with Crippen LogP contribution in [0.3, 0.4) is 0 Å². The molecule has 0 aromatic heterocycles. The Morgan fingerprint density at radius 3 is 2.42 bits per heavy atom. The first-order chi connectivity index (χ1) is 8.94. The van der Waals surface area contributed by atoms with E-state index in [9.17, 15) is 9.59 Å². The number of nitrogens with zero attached hydrogens (tertiary/aromatic N) is 1. The third-order valence-corrected chi connectivity index (χ3v) is 3.62. The van der Waals surface area contributed by atoms with Crippen LogP contribution in [0.4, 0.5) is 0 Å². The van der Waals surface area contributed by atoms with Gasteiger partial charge in [0.05, 0.1) is 6.54 Å². The summed E-state index contributed by atoms with van der Waals surface area (Å²) in [5.74, 6) is 0.180. The van der Waals surface area contributed by atoms with Crippen molar-refractivity contribution in [1.29, 1.82) is 0 Å². The van der Waals surface area contributed by atoms with Crippen LogP contribution in [-0.2, 0) is 9.59 Å². The maximum absolute atomic E-state index is 11.8. The van der Waals surface area contributed by atoms with Crippen molar-refractivity contribution >= 4 is 11.8 Å². The van der Waals surface area contributed by atoms with Gasteiger partial charge < -0.3 is 15.5 Å². The van der Waals surface area contributed by atoms with Gasteiger partial charge >= 0.3 is 0 Å². The summed E-state index contributed by atoms with van der Waals surface area (Å²) in [4.78, 5) is 25.3. The van der Waals surface area contributed by atoms with Crippen molar-refractivity contribution in [1.82, 2.24) is 15.5 Å². The van der Waals surface area contributed by atoms with Gasteiger partial charge in [-0.1, -0.05) is 6.92 Å². The topological polar surface area (TPSA) is 61.4 Å². The maximum Gasteiger partial charge on any atom is 0.234 e. The summed E-state index contributed by atoms with van der Waals surface area (Å²) >= 11 is 0. The molecule has 0 aromatic carbocycles. The van der Waals surface area contributed by atoms with Crippen LogP contribution in [0.1, 0.15) is 46.5 Å². The normalized spacial score (nSPS) is 15.6. The van der Waals surface area contributed by atoms with Gasteiger partial charge in [0, 0.05) is 31.6 Å². The van der Waals surface area contributed by atoms with E-state index in [4.69, 9.17) is 0 Å². The predicted molar refractivity (Wildman–Crippen MR) is 75.8 cm³/mol. The first-order valence-corrected chi connectivity index (χ1v) is 7.24. The van der Waals surface area contributed by atoms with Crippen LogP contribution in [0.25, 0.3) is 0 Å². The Kier molecular flexibility index (Phi) is 6.28. The Hall–Kier alpha value is -1.10. The summed E-state index contributed by atoms with van der Waals surface area (Å²) in [6, 6.07) is 0. The van der Waals surface area contributed by atoms with Gasteiger partial charge in [-0.3, -0.25) is 9.59 Å². The molecule has 2 N–H and O–H groups in total. The molecule has 1 rings (SSSR count). The molecule has 1 fully saturated rings. The van der Waals surface area contributed by atoms with Crippen molar-refractivity contribution in [2.45, 2.75) is 52.0 Å². The Morgan fingerprint density at radius 1 is 1.21 bits per heavy atom. The van der Waals surface area contributed by atoms with Crippen LogP contribution in [0.15, 0.2) is 0 Å². The highest BCUT2D eigenvalue weighted by Crippen LogP contribution is 2.08. The van der Waals surface area contributed by atoms with Gasteiger partial charge in [-0.2, -0.15) is 0 Å². The average Bonchev–Trinajstić information content (AvgIpc) is 2.87.